The molecule has 0 spiro atoms. The Bertz CT molecular complexity index is 328. The maximum absolute atomic E-state index is 13.0. The van der Waals surface area contributed by atoms with Gasteiger partial charge in [0.2, 0.25) is 0 Å². The molecular weight excluding hydrogens is 217 g/mol. The Morgan fingerprint density at radius 3 is 2.71 bits per heavy atom. The summed E-state index contributed by atoms with van der Waals surface area (Å²) in [5.74, 6) is -0.169. The van der Waals surface area contributed by atoms with Crippen LogP contribution < -0.4 is 0 Å². The van der Waals surface area contributed by atoms with Crippen molar-refractivity contribution in [1.29, 1.82) is 0 Å². The minimum absolute atomic E-state index is 0.169. The Labute approximate surface area is 103 Å². The lowest BCUT2D eigenvalue weighted by atomic mass is 10.2. The molecule has 0 heterocycles. The van der Waals surface area contributed by atoms with Gasteiger partial charge in [-0.1, -0.05) is 19.1 Å². The van der Waals surface area contributed by atoms with E-state index in [1.165, 1.54) is 6.07 Å². The van der Waals surface area contributed by atoms with E-state index in [0.717, 1.165) is 31.8 Å². The number of rotatable bonds is 7. The third-order valence-corrected chi connectivity index (χ3v) is 2.60. The lowest BCUT2D eigenvalue weighted by molar-refractivity contribution is 0.0585. The van der Waals surface area contributed by atoms with E-state index in [0.29, 0.717) is 0 Å². The monoisotopic (exact) mass is 239 g/mol. The largest absolute Gasteiger partial charge is 0.377 e. The molecular formula is C14H22FNO. The molecule has 0 aliphatic heterocycles. The van der Waals surface area contributed by atoms with Gasteiger partial charge in [-0.15, -0.1) is 0 Å². The summed E-state index contributed by atoms with van der Waals surface area (Å²) in [6, 6.07) is 6.77. The molecule has 0 aliphatic rings. The highest BCUT2D eigenvalue weighted by Gasteiger charge is 2.05. The van der Waals surface area contributed by atoms with Crippen molar-refractivity contribution in [3.05, 3.63) is 35.6 Å². The molecule has 3 heteroatoms. The molecule has 0 saturated heterocycles. The summed E-state index contributed by atoms with van der Waals surface area (Å²) >= 11 is 0. The van der Waals surface area contributed by atoms with Gasteiger partial charge in [-0.05, 0) is 38.1 Å². The molecule has 0 aromatic heterocycles. The van der Waals surface area contributed by atoms with Crippen molar-refractivity contribution in [2.24, 2.45) is 0 Å². The molecule has 1 aromatic rings. The van der Waals surface area contributed by atoms with E-state index in [9.17, 15) is 4.39 Å². The van der Waals surface area contributed by atoms with Gasteiger partial charge in [0.15, 0.2) is 0 Å². The van der Waals surface area contributed by atoms with Crippen molar-refractivity contribution in [2.45, 2.75) is 33.4 Å². The van der Waals surface area contributed by atoms with E-state index >= 15 is 0 Å². The first-order valence-corrected chi connectivity index (χ1v) is 6.20. The number of nitrogens with zero attached hydrogens (tertiary/aromatic N) is 1. The normalized spacial score (nSPS) is 11.4. The van der Waals surface area contributed by atoms with E-state index in [1.807, 2.05) is 19.9 Å². The quantitative estimate of drug-likeness (QED) is 0.725. The lowest BCUT2D eigenvalue weighted by Gasteiger charge is -2.21. The number of likely N-dealkylation sites (N-methyl/N-ethyl adjacent to an activating group) is 1. The van der Waals surface area contributed by atoms with Gasteiger partial charge in [0.05, 0.1) is 12.7 Å². The van der Waals surface area contributed by atoms with Crippen LogP contribution in [0.4, 0.5) is 4.39 Å². The average Bonchev–Trinajstić information content (AvgIpc) is 2.27. The highest BCUT2D eigenvalue weighted by molar-refractivity contribution is 5.16. The summed E-state index contributed by atoms with van der Waals surface area (Å²) in [6.07, 6.45) is 0.267. The average molecular weight is 239 g/mol. The van der Waals surface area contributed by atoms with Gasteiger partial charge in [0.25, 0.3) is 0 Å². The fraction of sp³-hybridized carbons (Fsp3) is 0.571. The van der Waals surface area contributed by atoms with Crippen molar-refractivity contribution in [3.8, 4) is 0 Å². The summed E-state index contributed by atoms with van der Waals surface area (Å²) in [5.41, 5.74) is 1.01. The Morgan fingerprint density at radius 1 is 1.35 bits per heavy atom. The zero-order valence-electron chi connectivity index (χ0n) is 10.9. The van der Waals surface area contributed by atoms with Crippen LogP contribution in [0.25, 0.3) is 0 Å². The highest BCUT2D eigenvalue weighted by atomic mass is 19.1. The fourth-order valence-electron chi connectivity index (χ4n) is 1.66. The smallest absolute Gasteiger partial charge is 0.123 e. The third-order valence-electron chi connectivity index (χ3n) is 2.60. The zero-order valence-corrected chi connectivity index (χ0v) is 10.9. The molecule has 0 aliphatic carbocycles. The molecule has 1 rings (SSSR count). The van der Waals surface area contributed by atoms with E-state index < -0.39 is 0 Å². The van der Waals surface area contributed by atoms with E-state index in [2.05, 4.69) is 11.8 Å². The Kier molecular flexibility index (Phi) is 6.16. The Morgan fingerprint density at radius 2 is 2.12 bits per heavy atom. The molecule has 0 radical (unpaired) electrons. The number of halogens is 1. The first-order chi connectivity index (χ1) is 8.11. The first kappa shape index (κ1) is 14.1. The minimum Gasteiger partial charge on any atom is -0.377 e. The van der Waals surface area contributed by atoms with Gasteiger partial charge in [0.1, 0.15) is 5.82 Å². The predicted octanol–water partition coefficient (Wildman–Crippen LogP) is 3.07. The van der Waals surface area contributed by atoms with Crippen molar-refractivity contribution in [1.82, 2.24) is 4.90 Å². The van der Waals surface area contributed by atoms with Crippen LogP contribution in [0.1, 0.15) is 26.3 Å². The Hall–Kier alpha value is -0.930. The number of benzene rings is 1. The maximum Gasteiger partial charge on any atom is 0.123 e. The third kappa shape index (κ3) is 5.80. The van der Waals surface area contributed by atoms with E-state index in [-0.39, 0.29) is 11.9 Å². The van der Waals surface area contributed by atoms with Crippen molar-refractivity contribution >= 4 is 0 Å². The molecule has 2 nitrogen and oxygen atoms in total. The van der Waals surface area contributed by atoms with E-state index in [4.69, 9.17) is 4.74 Å². The molecule has 0 bridgehead atoms. The fourth-order valence-corrected chi connectivity index (χ4v) is 1.66. The minimum atomic E-state index is -0.169. The maximum atomic E-state index is 13.0. The zero-order chi connectivity index (χ0) is 12.7. The second kappa shape index (κ2) is 7.41. The van der Waals surface area contributed by atoms with Crippen LogP contribution in [-0.2, 0) is 11.3 Å². The lowest BCUT2D eigenvalue weighted by Crippen LogP contribution is -2.27. The summed E-state index contributed by atoms with van der Waals surface area (Å²) in [6.45, 7) is 9.49. The van der Waals surface area contributed by atoms with Gasteiger partial charge in [-0.25, -0.2) is 4.39 Å². The molecule has 0 unspecified atom stereocenters. The van der Waals surface area contributed by atoms with Crippen molar-refractivity contribution in [3.63, 3.8) is 0 Å². The van der Waals surface area contributed by atoms with Gasteiger partial charge < -0.3 is 4.74 Å². The van der Waals surface area contributed by atoms with Crippen LogP contribution >= 0.6 is 0 Å². The number of ether oxygens (including phenoxy) is 1. The van der Waals surface area contributed by atoms with Crippen LogP contribution in [-0.4, -0.2) is 30.7 Å². The van der Waals surface area contributed by atoms with Crippen LogP contribution in [0, 0.1) is 5.82 Å². The summed E-state index contributed by atoms with van der Waals surface area (Å²) in [7, 11) is 0. The molecule has 1 aromatic carbocycles. The molecule has 0 fully saturated rings. The van der Waals surface area contributed by atoms with Crippen LogP contribution in [0.2, 0.25) is 0 Å². The molecule has 96 valence electrons. The SMILES string of the molecule is CCN(CCOC(C)C)Cc1cccc(F)c1. The van der Waals surface area contributed by atoms with Gasteiger partial charge in [-0.2, -0.15) is 0 Å². The molecule has 0 saturated carbocycles. The number of hydrogen-bond donors (Lipinski definition) is 0. The van der Waals surface area contributed by atoms with Crippen LogP contribution in [0.15, 0.2) is 24.3 Å². The van der Waals surface area contributed by atoms with Gasteiger partial charge in [0, 0.05) is 13.1 Å². The molecule has 0 N–H and O–H groups in total. The van der Waals surface area contributed by atoms with Crippen molar-refractivity contribution in [2.75, 3.05) is 19.7 Å². The topological polar surface area (TPSA) is 12.5 Å². The van der Waals surface area contributed by atoms with Crippen LogP contribution in [0.5, 0.6) is 0 Å². The number of hydrogen-bond acceptors (Lipinski definition) is 2. The van der Waals surface area contributed by atoms with Gasteiger partial charge >= 0.3 is 0 Å². The van der Waals surface area contributed by atoms with E-state index in [1.54, 1.807) is 12.1 Å². The second-order valence-electron chi connectivity index (χ2n) is 4.42. The summed E-state index contributed by atoms with van der Waals surface area (Å²) < 4.78 is 18.6. The molecule has 0 atom stereocenters. The standard InChI is InChI=1S/C14H22FNO/c1-4-16(8-9-17-12(2)3)11-13-6-5-7-14(15)10-13/h5-7,10,12H,4,8-9,11H2,1-3H3. The van der Waals surface area contributed by atoms with Gasteiger partial charge in [-0.3, -0.25) is 4.90 Å². The Balaban J connectivity index is 2.41. The van der Waals surface area contributed by atoms with Crippen molar-refractivity contribution < 1.29 is 9.13 Å². The molecule has 0 amide bonds. The van der Waals surface area contributed by atoms with Crippen LogP contribution in [0.3, 0.4) is 0 Å². The molecule has 17 heavy (non-hydrogen) atoms. The summed E-state index contributed by atoms with van der Waals surface area (Å²) in [5, 5.41) is 0. The summed E-state index contributed by atoms with van der Waals surface area (Å²) in [4.78, 5) is 2.25. The predicted molar refractivity (Wildman–Crippen MR) is 68.4 cm³/mol. The second-order valence-corrected chi connectivity index (χ2v) is 4.42. The highest BCUT2D eigenvalue weighted by Crippen LogP contribution is 2.07. The first-order valence-electron chi connectivity index (χ1n) is 6.20.